The van der Waals surface area contributed by atoms with Gasteiger partial charge in [0, 0.05) is 12.4 Å². The van der Waals surface area contributed by atoms with E-state index in [4.69, 9.17) is 0 Å². The number of nitrogens with zero attached hydrogens (tertiary/aromatic N) is 1. The highest BCUT2D eigenvalue weighted by Gasteiger charge is 2.15. The predicted molar refractivity (Wildman–Crippen MR) is 56.2 cm³/mol. The fourth-order valence-corrected chi connectivity index (χ4v) is 1.67. The highest BCUT2D eigenvalue weighted by molar-refractivity contribution is 9.24. The van der Waals surface area contributed by atoms with Crippen LogP contribution >= 0.6 is 31.9 Å². The van der Waals surface area contributed by atoms with Gasteiger partial charge in [0.25, 0.3) is 0 Å². The SMILES string of the molecule is COC(=O)c1cnccc1C(Br)Br. The number of aromatic nitrogens is 1. The van der Waals surface area contributed by atoms with E-state index in [2.05, 4.69) is 41.6 Å². The van der Waals surface area contributed by atoms with Crippen molar-refractivity contribution in [1.82, 2.24) is 4.98 Å². The minimum absolute atomic E-state index is 0.0721. The lowest BCUT2D eigenvalue weighted by atomic mass is 10.2. The molecule has 0 N–H and O–H groups in total. The third-order valence-corrected chi connectivity index (χ3v) is 2.48. The molecule has 3 nitrogen and oxygen atoms in total. The van der Waals surface area contributed by atoms with Crippen LogP contribution in [0, 0.1) is 0 Å². The number of hydrogen-bond acceptors (Lipinski definition) is 3. The Hall–Kier alpha value is -0.420. The van der Waals surface area contributed by atoms with Crippen LogP contribution in [0.2, 0.25) is 0 Å². The summed E-state index contributed by atoms with van der Waals surface area (Å²) in [6.45, 7) is 0. The maximum Gasteiger partial charge on any atom is 0.339 e. The number of alkyl halides is 2. The molecule has 1 rings (SSSR count). The summed E-state index contributed by atoms with van der Waals surface area (Å²) >= 11 is 6.62. The third kappa shape index (κ3) is 2.51. The molecule has 0 unspecified atom stereocenters. The van der Waals surface area contributed by atoms with Gasteiger partial charge in [0.15, 0.2) is 0 Å². The van der Waals surface area contributed by atoms with Crippen LogP contribution in [-0.2, 0) is 4.74 Å². The zero-order valence-electron chi connectivity index (χ0n) is 6.83. The molecule has 0 aliphatic carbocycles. The molecule has 1 aromatic heterocycles. The van der Waals surface area contributed by atoms with Crippen molar-refractivity contribution in [3.8, 4) is 0 Å². The summed E-state index contributed by atoms with van der Waals surface area (Å²) in [6, 6.07) is 1.75. The van der Waals surface area contributed by atoms with Gasteiger partial charge in [-0.3, -0.25) is 4.98 Å². The lowest BCUT2D eigenvalue weighted by Gasteiger charge is -2.06. The van der Waals surface area contributed by atoms with Gasteiger partial charge >= 0.3 is 5.97 Å². The Morgan fingerprint density at radius 1 is 1.62 bits per heavy atom. The van der Waals surface area contributed by atoms with E-state index in [9.17, 15) is 4.79 Å². The highest BCUT2D eigenvalue weighted by Crippen LogP contribution is 2.31. The number of hydrogen-bond donors (Lipinski definition) is 0. The van der Waals surface area contributed by atoms with Gasteiger partial charge in [0.2, 0.25) is 0 Å². The zero-order valence-corrected chi connectivity index (χ0v) is 10.0. The summed E-state index contributed by atoms with van der Waals surface area (Å²) in [5.74, 6) is -0.382. The molecule has 0 bridgehead atoms. The van der Waals surface area contributed by atoms with Crippen molar-refractivity contribution in [2.24, 2.45) is 0 Å². The standard InChI is InChI=1S/C8H7Br2NO2/c1-13-8(12)6-4-11-3-2-5(6)7(9)10/h2-4,7H,1H3. The fraction of sp³-hybridized carbons (Fsp3) is 0.250. The van der Waals surface area contributed by atoms with Crippen LogP contribution in [-0.4, -0.2) is 18.1 Å². The van der Waals surface area contributed by atoms with E-state index >= 15 is 0 Å². The first-order valence-electron chi connectivity index (χ1n) is 3.47. The molecule has 0 aliphatic heterocycles. The molecule has 0 aromatic carbocycles. The molecule has 5 heteroatoms. The lowest BCUT2D eigenvalue weighted by Crippen LogP contribution is -2.05. The van der Waals surface area contributed by atoms with Crippen LogP contribution in [0.25, 0.3) is 0 Å². The van der Waals surface area contributed by atoms with Gasteiger partial charge in [0.05, 0.1) is 16.4 Å². The van der Waals surface area contributed by atoms with Crippen molar-refractivity contribution < 1.29 is 9.53 Å². The van der Waals surface area contributed by atoms with E-state index in [1.165, 1.54) is 13.3 Å². The molecule has 0 saturated heterocycles. The number of halogens is 2. The summed E-state index contributed by atoms with van der Waals surface area (Å²) in [6.07, 6.45) is 3.11. The number of rotatable bonds is 2. The molecule has 0 spiro atoms. The van der Waals surface area contributed by atoms with Crippen molar-refractivity contribution in [2.75, 3.05) is 7.11 Å². The largest absolute Gasteiger partial charge is 0.465 e. The van der Waals surface area contributed by atoms with Crippen LogP contribution in [0.3, 0.4) is 0 Å². The summed E-state index contributed by atoms with van der Waals surface area (Å²) < 4.78 is 4.53. The first-order valence-corrected chi connectivity index (χ1v) is 5.30. The molecule has 13 heavy (non-hydrogen) atoms. The van der Waals surface area contributed by atoms with Crippen molar-refractivity contribution in [1.29, 1.82) is 0 Å². The van der Waals surface area contributed by atoms with E-state index < -0.39 is 0 Å². The molecule has 0 atom stereocenters. The van der Waals surface area contributed by atoms with Crippen molar-refractivity contribution in [3.05, 3.63) is 29.6 Å². The summed E-state index contributed by atoms with van der Waals surface area (Å²) in [7, 11) is 1.34. The van der Waals surface area contributed by atoms with Crippen LogP contribution in [0.1, 0.15) is 19.7 Å². The third-order valence-electron chi connectivity index (χ3n) is 1.50. The van der Waals surface area contributed by atoms with Gasteiger partial charge in [-0.05, 0) is 11.6 Å². The molecular formula is C8H7Br2NO2. The van der Waals surface area contributed by atoms with Crippen LogP contribution < -0.4 is 0 Å². The summed E-state index contributed by atoms with van der Waals surface area (Å²) in [4.78, 5) is 15.1. The first-order chi connectivity index (χ1) is 6.16. The predicted octanol–water partition coefficient (Wildman–Crippen LogP) is 2.66. The van der Waals surface area contributed by atoms with Gasteiger partial charge < -0.3 is 4.74 Å². The molecule has 1 aromatic rings. The summed E-state index contributed by atoms with van der Waals surface area (Å²) in [5.41, 5.74) is 1.27. The van der Waals surface area contributed by atoms with E-state index in [0.717, 1.165) is 5.56 Å². The second-order valence-electron chi connectivity index (χ2n) is 2.26. The van der Waals surface area contributed by atoms with Gasteiger partial charge in [-0.25, -0.2) is 4.79 Å². The average molecular weight is 309 g/mol. The minimum atomic E-state index is -0.382. The number of pyridine rings is 1. The second-order valence-corrected chi connectivity index (χ2v) is 5.32. The van der Waals surface area contributed by atoms with E-state index in [0.29, 0.717) is 5.56 Å². The van der Waals surface area contributed by atoms with Crippen molar-refractivity contribution >= 4 is 37.8 Å². The number of ether oxygens (including phenoxy) is 1. The average Bonchev–Trinajstić information content (AvgIpc) is 2.16. The number of carbonyl (C=O) groups is 1. The van der Waals surface area contributed by atoms with Gasteiger partial charge in [-0.15, -0.1) is 0 Å². The Balaban J connectivity index is 3.12. The first kappa shape index (κ1) is 10.7. The Bertz CT molecular complexity index is 315. The highest BCUT2D eigenvalue weighted by atomic mass is 79.9. The number of methoxy groups -OCH3 is 1. The summed E-state index contributed by atoms with van der Waals surface area (Å²) in [5, 5.41) is 0. The van der Waals surface area contributed by atoms with Crippen LogP contribution in [0.15, 0.2) is 18.5 Å². The van der Waals surface area contributed by atoms with Gasteiger partial charge in [0.1, 0.15) is 0 Å². The number of esters is 1. The number of carbonyl (C=O) groups excluding carboxylic acids is 1. The van der Waals surface area contributed by atoms with Crippen molar-refractivity contribution in [3.63, 3.8) is 0 Å². The maximum atomic E-state index is 11.2. The quantitative estimate of drug-likeness (QED) is 0.623. The van der Waals surface area contributed by atoms with Crippen LogP contribution in [0.5, 0.6) is 0 Å². The minimum Gasteiger partial charge on any atom is -0.465 e. The smallest absolute Gasteiger partial charge is 0.339 e. The van der Waals surface area contributed by atoms with Gasteiger partial charge in [-0.1, -0.05) is 31.9 Å². The Labute approximate surface area is 92.8 Å². The molecular weight excluding hydrogens is 302 g/mol. The van der Waals surface area contributed by atoms with Gasteiger partial charge in [-0.2, -0.15) is 0 Å². The Morgan fingerprint density at radius 2 is 2.31 bits per heavy atom. The Morgan fingerprint density at radius 3 is 2.85 bits per heavy atom. The van der Waals surface area contributed by atoms with Crippen molar-refractivity contribution in [2.45, 2.75) is 3.74 Å². The molecule has 0 aliphatic rings. The molecule has 1 heterocycles. The Kier molecular flexibility index (Phi) is 3.87. The van der Waals surface area contributed by atoms with E-state index in [-0.39, 0.29) is 9.71 Å². The maximum absolute atomic E-state index is 11.2. The molecule has 0 radical (unpaired) electrons. The van der Waals surface area contributed by atoms with E-state index in [1.54, 1.807) is 12.3 Å². The van der Waals surface area contributed by atoms with Crippen LogP contribution in [0.4, 0.5) is 0 Å². The van der Waals surface area contributed by atoms with E-state index in [1.807, 2.05) is 0 Å². The lowest BCUT2D eigenvalue weighted by molar-refractivity contribution is 0.0599. The molecule has 0 amide bonds. The topological polar surface area (TPSA) is 39.2 Å². The normalized spacial score (nSPS) is 10.2. The molecule has 0 saturated carbocycles. The molecule has 0 fully saturated rings. The molecule has 70 valence electrons. The monoisotopic (exact) mass is 307 g/mol. The second kappa shape index (κ2) is 4.72. The zero-order chi connectivity index (χ0) is 9.84. The fourth-order valence-electron chi connectivity index (χ4n) is 0.876.